The summed E-state index contributed by atoms with van der Waals surface area (Å²) in [5, 5.41) is 19.4. The monoisotopic (exact) mass is 541 g/mol. The molecule has 1 aromatic heterocycles. The van der Waals surface area contributed by atoms with Crippen molar-refractivity contribution in [2.45, 2.75) is 45.6 Å². The standard InChI is InChI=1S/C33H35NO6/c1-2-8-25-9-3-4-12-30(25)40-20-6-5-19-39-28-17-14-24(15-18-28)13-16-26-10-7-11-29-33(26)27(21-31(35)36)22-34(29)23-32(37)38/h3-4,7,9-18,22H,2,5-6,8,19-21,23H2,1H3,(H,35,36)(H,37,38)/b16-13+. The Bertz CT molecular complexity index is 1470. The Labute approximate surface area is 234 Å². The summed E-state index contributed by atoms with van der Waals surface area (Å²) in [6, 6.07) is 21.5. The fourth-order valence-electron chi connectivity index (χ4n) is 4.74. The molecule has 0 spiro atoms. The largest absolute Gasteiger partial charge is 0.494 e. The van der Waals surface area contributed by atoms with Crippen LogP contribution in [0, 0.1) is 0 Å². The maximum absolute atomic E-state index is 11.4. The van der Waals surface area contributed by atoms with E-state index >= 15 is 0 Å². The van der Waals surface area contributed by atoms with Crippen LogP contribution in [0.2, 0.25) is 0 Å². The minimum atomic E-state index is -0.983. The van der Waals surface area contributed by atoms with E-state index in [4.69, 9.17) is 9.47 Å². The van der Waals surface area contributed by atoms with Crippen LogP contribution >= 0.6 is 0 Å². The van der Waals surface area contributed by atoms with E-state index in [-0.39, 0.29) is 13.0 Å². The summed E-state index contributed by atoms with van der Waals surface area (Å²) < 4.78 is 13.4. The molecule has 0 aliphatic rings. The molecule has 0 aliphatic carbocycles. The molecule has 4 rings (SSSR count). The topological polar surface area (TPSA) is 98.0 Å². The lowest BCUT2D eigenvalue weighted by molar-refractivity contribution is -0.138. The molecule has 1 heterocycles. The molecule has 7 nitrogen and oxygen atoms in total. The first-order valence-corrected chi connectivity index (χ1v) is 13.6. The third-order valence-electron chi connectivity index (χ3n) is 6.56. The van der Waals surface area contributed by atoms with Gasteiger partial charge in [0.2, 0.25) is 0 Å². The summed E-state index contributed by atoms with van der Waals surface area (Å²) in [7, 11) is 0. The molecular formula is C33H35NO6. The van der Waals surface area contributed by atoms with Crippen molar-refractivity contribution in [2.24, 2.45) is 0 Å². The lowest BCUT2D eigenvalue weighted by atomic mass is 10.0. The molecule has 0 radical (unpaired) electrons. The molecule has 0 aliphatic heterocycles. The average molecular weight is 542 g/mol. The fraction of sp³-hybridized carbons (Fsp3) is 0.273. The molecule has 0 atom stereocenters. The lowest BCUT2D eigenvalue weighted by Crippen LogP contribution is -2.07. The van der Waals surface area contributed by atoms with E-state index in [9.17, 15) is 19.8 Å². The molecule has 0 fully saturated rings. The lowest BCUT2D eigenvalue weighted by Gasteiger charge is -2.11. The van der Waals surface area contributed by atoms with Gasteiger partial charge in [-0.2, -0.15) is 0 Å². The number of carbonyl (C=O) groups is 2. The quantitative estimate of drug-likeness (QED) is 0.128. The van der Waals surface area contributed by atoms with Gasteiger partial charge in [0.05, 0.1) is 19.6 Å². The van der Waals surface area contributed by atoms with Gasteiger partial charge in [0, 0.05) is 17.1 Å². The molecule has 208 valence electrons. The first kappa shape index (κ1) is 28.5. The van der Waals surface area contributed by atoms with Gasteiger partial charge in [-0.25, -0.2) is 0 Å². The number of ether oxygens (including phenoxy) is 2. The summed E-state index contributed by atoms with van der Waals surface area (Å²) in [5.74, 6) is -0.179. The third kappa shape index (κ3) is 7.76. The number of nitrogens with zero attached hydrogens (tertiary/aromatic N) is 1. The van der Waals surface area contributed by atoms with E-state index in [1.165, 1.54) is 5.56 Å². The smallest absolute Gasteiger partial charge is 0.323 e. The molecule has 0 bridgehead atoms. The average Bonchev–Trinajstić information content (AvgIpc) is 3.27. The summed E-state index contributed by atoms with van der Waals surface area (Å²) in [6.07, 6.45) is 9.22. The normalized spacial score (nSPS) is 11.2. The van der Waals surface area contributed by atoms with Crippen LogP contribution in [0.15, 0.2) is 72.9 Å². The third-order valence-corrected chi connectivity index (χ3v) is 6.56. The summed E-state index contributed by atoms with van der Waals surface area (Å²) in [5.41, 5.74) is 4.33. The molecule has 0 saturated carbocycles. The van der Waals surface area contributed by atoms with Gasteiger partial charge in [0.25, 0.3) is 0 Å². The number of para-hydroxylation sites is 1. The number of hydrogen-bond acceptors (Lipinski definition) is 4. The number of aromatic nitrogens is 1. The van der Waals surface area contributed by atoms with Crippen LogP contribution < -0.4 is 9.47 Å². The Kier molecular flexibility index (Phi) is 9.99. The predicted molar refractivity (Wildman–Crippen MR) is 157 cm³/mol. The molecule has 0 unspecified atom stereocenters. The number of carboxylic acid groups (broad SMARTS) is 2. The Morgan fingerprint density at radius 1 is 0.825 bits per heavy atom. The van der Waals surface area contributed by atoms with Gasteiger partial charge in [-0.15, -0.1) is 0 Å². The van der Waals surface area contributed by atoms with Crippen LogP contribution in [0.5, 0.6) is 11.5 Å². The number of aliphatic carboxylic acids is 2. The summed E-state index contributed by atoms with van der Waals surface area (Å²) >= 11 is 0. The number of unbranched alkanes of at least 4 members (excludes halogenated alkanes) is 1. The highest BCUT2D eigenvalue weighted by atomic mass is 16.5. The number of aryl methyl sites for hydroxylation is 1. The predicted octanol–water partition coefficient (Wildman–Crippen LogP) is 6.71. The Morgan fingerprint density at radius 3 is 2.30 bits per heavy atom. The highest BCUT2D eigenvalue weighted by Crippen LogP contribution is 2.28. The van der Waals surface area contributed by atoms with E-state index < -0.39 is 11.9 Å². The second-order valence-electron chi connectivity index (χ2n) is 9.65. The van der Waals surface area contributed by atoms with Crippen molar-refractivity contribution in [2.75, 3.05) is 13.2 Å². The van der Waals surface area contributed by atoms with Crippen molar-refractivity contribution in [1.29, 1.82) is 0 Å². The maximum atomic E-state index is 11.4. The number of hydrogen-bond donors (Lipinski definition) is 2. The van der Waals surface area contributed by atoms with Crippen LogP contribution in [0.1, 0.15) is 48.4 Å². The number of carboxylic acids is 2. The van der Waals surface area contributed by atoms with Gasteiger partial charge in [-0.1, -0.05) is 68.0 Å². The van der Waals surface area contributed by atoms with E-state index in [0.29, 0.717) is 24.3 Å². The molecule has 4 aromatic rings. The van der Waals surface area contributed by atoms with E-state index in [1.807, 2.05) is 72.8 Å². The Balaban J connectivity index is 1.32. The van der Waals surface area contributed by atoms with E-state index in [2.05, 4.69) is 13.0 Å². The Morgan fingerprint density at radius 2 is 1.57 bits per heavy atom. The van der Waals surface area contributed by atoms with Gasteiger partial charge in [-0.05, 0) is 65.8 Å². The van der Waals surface area contributed by atoms with Gasteiger partial charge in [0.1, 0.15) is 18.0 Å². The fourth-order valence-corrected chi connectivity index (χ4v) is 4.74. The van der Waals surface area contributed by atoms with Crippen molar-refractivity contribution in [3.8, 4) is 11.5 Å². The molecular weight excluding hydrogens is 506 g/mol. The molecule has 0 amide bonds. The van der Waals surface area contributed by atoms with Crippen LogP contribution in [-0.2, 0) is 29.0 Å². The van der Waals surface area contributed by atoms with Crippen LogP contribution in [0.3, 0.4) is 0 Å². The molecule has 40 heavy (non-hydrogen) atoms. The van der Waals surface area contributed by atoms with Gasteiger partial charge >= 0.3 is 11.9 Å². The zero-order valence-corrected chi connectivity index (χ0v) is 22.7. The highest BCUT2D eigenvalue weighted by molar-refractivity contribution is 5.96. The zero-order chi connectivity index (χ0) is 28.3. The minimum Gasteiger partial charge on any atom is -0.494 e. The van der Waals surface area contributed by atoms with Crippen molar-refractivity contribution >= 4 is 35.0 Å². The van der Waals surface area contributed by atoms with Crippen LogP contribution in [0.4, 0.5) is 0 Å². The summed E-state index contributed by atoms with van der Waals surface area (Å²) in [4.78, 5) is 22.7. The maximum Gasteiger partial charge on any atom is 0.323 e. The van der Waals surface area contributed by atoms with Crippen molar-refractivity contribution in [3.05, 3.63) is 95.2 Å². The second kappa shape index (κ2) is 14.0. The van der Waals surface area contributed by atoms with Gasteiger partial charge in [-0.3, -0.25) is 9.59 Å². The SMILES string of the molecule is CCCc1ccccc1OCCCCOc1ccc(/C=C/c2cccc3c2c(CC(=O)O)cn3CC(=O)O)cc1. The van der Waals surface area contributed by atoms with E-state index in [1.54, 1.807) is 10.8 Å². The summed E-state index contributed by atoms with van der Waals surface area (Å²) in [6.45, 7) is 3.21. The molecule has 0 saturated heterocycles. The van der Waals surface area contributed by atoms with Gasteiger partial charge in [0.15, 0.2) is 0 Å². The molecule has 3 aromatic carbocycles. The van der Waals surface area contributed by atoms with Crippen LogP contribution in [-0.4, -0.2) is 39.9 Å². The minimum absolute atomic E-state index is 0.182. The van der Waals surface area contributed by atoms with E-state index in [0.717, 1.165) is 53.7 Å². The van der Waals surface area contributed by atoms with Gasteiger partial charge < -0.3 is 24.3 Å². The van der Waals surface area contributed by atoms with Crippen LogP contribution in [0.25, 0.3) is 23.1 Å². The highest BCUT2D eigenvalue weighted by Gasteiger charge is 2.15. The Hall–Kier alpha value is -4.52. The van der Waals surface area contributed by atoms with Crippen molar-refractivity contribution in [3.63, 3.8) is 0 Å². The van der Waals surface area contributed by atoms with Crippen molar-refractivity contribution < 1.29 is 29.3 Å². The number of benzene rings is 3. The zero-order valence-electron chi connectivity index (χ0n) is 22.7. The first-order valence-electron chi connectivity index (χ1n) is 13.6. The van der Waals surface area contributed by atoms with Crippen molar-refractivity contribution in [1.82, 2.24) is 4.57 Å². The number of fused-ring (bicyclic) bond motifs is 1. The molecule has 2 N–H and O–H groups in total. The number of rotatable bonds is 15. The second-order valence-corrected chi connectivity index (χ2v) is 9.65. The molecule has 7 heteroatoms. The first-order chi connectivity index (χ1) is 19.4.